The first-order valence-corrected chi connectivity index (χ1v) is 6.29. The number of para-hydroxylation sites is 1. The average Bonchev–Trinajstić information content (AvgIpc) is 2.76. The van der Waals surface area contributed by atoms with Crippen LogP contribution >= 0.6 is 0 Å². The Morgan fingerprint density at radius 3 is 2.74 bits per heavy atom. The standard InChI is InChI=1S/C17H15NO/c1-12-16(15-8-3-4-9-17(15)18-12)11-13-6-5-7-14(10-13)19-2/h3-11H,1-2H3/b16-11+. The summed E-state index contributed by atoms with van der Waals surface area (Å²) in [6.07, 6.45) is 2.16. The van der Waals surface area contributed by atoms with E-state index in [2.05, 4.69) is 23.2 Å². The number of nitrogens with zero attached hydrogens (tertiary/aromatic N) is 1. The minimum absolute atomic E-state index is 0.871. The zero-order valence-corrected chi connectivity index (χ0v) is 11.1. The van der Waals surface area contributed by atoms with Crippen LogP contribution in [0.1, 0.15) is 18.1 Å². The van der Waals surface area contributed by atoms with Gasteiger partial charge >= 0.3 is 0 Å². The van der Waals surface area contributed by atoms with E-state index in [1.807, 2.05) is 43.3 Å². The molecule has 0 aliphatic carbocycles. The van der Waals surface area contributed by atoms with Gasteiger partial charge in [0.25, 0.3) is 0 Å². The molecule has 0 N–H and O–H groups in total. The Labute approximate surface area is 113 Å². The molecule has 2 heteroatoms. The van der Waals surface area contributed by atoms with E-state index in [1.165, 1.54) is 11.1 Å². The van der Waals surface area contributed by atoms with E-state index in [0.29, 0.717) is 0 Å². The summed E-state index contributed by atoms with van der Waals surface area (Å²) in [5, 5.41) is 0. The maximum atomic E-state index is 5.26. The van der Waals surface area contributed by atoms with Crippen molar-refractivity contribution >= 4 is 23.0 Å². The van der Waals surface area contributed by atoms with E-state index >= 15 is 0 Å². The van der Waals surface area contributed by atoms with E-state index in [4.69, 9.17) is 4.74 Å². The summed E-state index contributed by atoms with van der Waals surface area (Å²) < 4.78 is 5.26. The third-order valence-corrected chi connectivity index (χ3v) is 3.28. The molecule has 0 atom stereocenters. The van der Waals surface area contributed by atoms with Crippen LogP contribution in [0, 0.1) is 0 Å². The Kier molecular flexibility index (Phi) is 2.92. The lowest BCUT2D eigenvalue weighted by molar-refractivity contribution is 0.414. The number of rotatable bonds is 2. The summed E-state index contributed by atoms with van der Waals surface area (Å²) in [4.78, 5) is 4.59. The molecule has 2 nitrogen and oxygen atoms in total. The van der Waals surface area contributed by atoms with Gasteiger partial charge < -0.3 is 4.74 Å². The molecule has 0 amide bonds. The molecule has 0 saturated heterocycles. The summed E-state index contributed by atoms with van der Waals surface area (Å²) in [6.45, 7) is 2.05. The Morgan fingerprint density at radius 1 is 1.05 bits per heavy atom. The summed E-state index contributed by atoms with van der Waals surface area (Å²) in [6, 6.07) is 16.3. The topological polar surface area (TPSA) is 21.6 Å². The Bertz CT molecular complexity index is 683. The maximum absolute atomic E-state index is 5.26. The second-order valence-electron chi connectivity index (χ2n) is 4.55. The van der Waals surface area contributed by atoms with Crippen LogP contribution in [0.2, 0.25) is 0 Å². The van der Waals surface area contributed by atoms with Gasteiger partial charge in [0.1, 0.15) is 5.75 Å². The van der Waals surface area contributed by atoms with Gasteiger partial charge in [-0.25, -0.2) is 0 Å². The first-order valence-electron chi connectivity index (χ1n) is 6.29. The molecular formula is C17H15NO. The summed E-state index contributed by atoms with van der Waals surface area (Å²) >= 11 is 0. The molecular weight excluding hydrogens is 234 g/mol. The van der Waals surface area contributed by atoms with Crippen molar-refractivity contribution in [1.82, 2.24) is 0 Å². The highest BCUT2D eigenvalue weighted by Gasteiger charge is 2.16. The first-order chi connectivity index (χ1) is 9.28. The fraction of sp³-hybridized carbons (Fsp3) is 0.118. The van der Waals surface area contributed by atoms with Crippen LogP contribution in [-0.4, -0.2) is 12.8 Å². The van der Waals surface area contributed by atoms with Gasteiger partial charge in [0, 0.05) is 16.8 Å². The van der Waals surface area contributed by atoms with Gasteiger partial charge in [0.05, 0.1) is 12.8 Å². The van der Waals surface area contributed by atoms with Crippen LogP contribution in [0.5, 0.6) is 5.75 Å². The molecule has 2 aromatic carbocycles. The van der Waals surface area contributed by atoms with Crippen molar-refractivity contribution in [2.75, 3.05) is 7.11 Å². The summed E-state index contributed by atoms with van der Waals surface area (Å²) in [5.41, 5.74) is 5.62. The van der Waals surface area contributed by atoms with Crippen molar-refractivity contribution in [1.29, 1.82) is 0 Å². The summed E-state index contributed by atoms with van der Waals surface area (Å²) in [7, 11) is 1.68. The van der Waals surface area contributed by atoms with E-state index < -0.39 is 0 Å². The largest absolute Gasteiger partial charge is 0.497 e. The molecule has 19 heavy (non-hydrogen) atoms. The number of ether oxygens (including phenoxy) is 1. The highest BCUT2D eigenvalue weighted by Crippen LogP contribution is 2.35. The number of hydrogen-bond donors (Lipinski definition) is 0. The Balaban J connectivity index is 2.07. The Morgan fingerprint density at radius 2 is 1.89 bits per heavy atom. The molecule has 0 aromatic heterocycles. The molecule has 0 saturated carbocycles. The highest BCUT2D eigenvalue weighted by atomic mass is 16.5. The van der Waals surface area contributed by atoms with E-state index in [9.17, 15) is 0 Å². The number of benzene rings is 2. The van der Waals surface area contributed by atoms with Crippen molar-refractivity contribution in [3.05, 3.63) is 59.7 Å². The number of fused-ring (bicyclic) bond motifs is 1. The van der Waals surface area contributed by atoms with Gasteiger partial charge in [-0.2, -0.15) is 0 Å². The van der Waals surface area contributed by atoms with Gasteiger partial charge in [0.15, 0.2) is 0 Å². The van der Waals surface area contributed by atoms with Crippen molar-refractivity contribution in [2.45, 2.75) is 6.92 Å². The number of allylic oxidation sites excluding steroid dienone is 1. The van der Waals surface area contributed by atoms with E-state index in [-0.39, 0.29) is 0 Å². The van der Waals surface area contributed by atoms with Crippen LogP contribution in [0.4, 0.5) is 5.69 Å². The van der Waals surface area contributed by atoms with Crippen LogP contribution in [0.15, 0.2) is 53.5 Å². The normalized spacial score (nSPS) is 15.3. The number of aliphatic imine (C=N–C) groups is 1. The second-order valence-corrected chi connectivity index (χ2v) is 4.55. The molecule has 0 spiro atoms. The van der Waals surface area contributed by atoms with Crippen LogP contribution in [-0.2, 0) is 0 Å². The van der Waals surface area contributed by atoms with Crippen LogP contribution in [0.25, 0.3) is 11.6 Å². The number of methoxy groups -OCH3 is 1. The lowest BCUT2D eigenvalue weighted by atomic mass is 10.0. The van der Waals surface area contributed by atoms with E-state index in [1.54, 1.807) is 7.11 Å². The molecule has 1 aliphatic rings. The maximum Gasteiger partial charge on any atom is 0.119 e. The van der Waals surface area contributed by atoms with Crippen molar-refractivity contribution in [2.24, 2.45) is 4.99 Å². The lowest BCUT2D eigenvalue weighted by Crippen LogP contribution is -1.90. The molecule has 94 valence electrons. The molecule has 1 heterocycles. The van der Waals surface area contributed by atoms with E-state index in [0.717, 1.165) is 22.7 Å². The van der Waals surface area contributed by atoms with Crippen LogP contribution in [0.3, 0.4) is 0 Å². The Hall–Kier alpha value is -2.35. The van der Waals surface area contributed by atoms with Gasteiger partial charge in [-0.3, -0.25) is 4.99 Å². The minimum Gasteiger partial charge on any atom is -0.497 e. The zero-order chi connectivity index (χ0) is 13.2. The molecule has 2 aromatic rings. The monoisotopic (exact) mass is 249 g/mol. The van der Waals surface area contributed by atoms with Crippen molar-refractivity contribution in [3.63, 3.8) is 0 Å². The molecule has 0 bridgehead atoms. The predicted molar refractivity (Wildman–Crippen MR) is 80.1 cm³/mol. The van der Waals surface area contributed by atoms with Crippen LogP contribution < -0.4 is 4.74 Å². The molecule has 0 unspecified atom stereocenters. The summed E-state index contributed by atoms with van der Waals surface area (Å²) in [5.74, 6) is 0.871. The SMILES string of the molecule is COc1cccc(/C=C2\C(C)=Nc3ccccc32)c1. The third-order valence-electron chi connectivity index (χ3n) is 3.28. The molecule has 3 rings (SSSR count). The second kappa shape index (κ2) is 4.73. The quantitative estimate of drug-likeness (QED) is 0.775. The molecule has 0 fully saturated rings. The third kappa shape index (κ3) is 2.17. The van der Waals surface area contributed by atoms with Crippen molar-refractivity contribution in [3.8, 4) is 5.75 Å². The predicted octanol–water partition coefficient (Wildman–Crippen LogP) is 4.34. The van der Waals surface area contributed by atoms with Gasteiger partial charge in [-0.1, -0.05) is 30.3 Å². The number of hydrogen-bond acceptors (Lipinski definition) is 2. The fourth-order valence-electron chi connectivity index (χ4n) is 2.31. The smallest absolute Gasteiger partial charge is 0.119 e. The first kappa shape index (κ1) is 11.7. The van der Waals surface area contributed by atoms with Crippen molar-refractivity contribution < 1.29 is 4.74 Å². The average molecular weight is 249 g/mol. The van der Waals surface area contributed by atoms with Gasteiger partial charge in [-0.15, -0.1) is 0 Å². The van der Waals surface area contributed by atoms with Gasteiger partial charge in [-0.05, 0) is 36.8 Å². The minimum atomic E-state index is 0.871. The highest BCUT2D eigenvalue weighted by molar-refractivity contribution is 6.31. The molecule has 0 radical (unpaired) electrons. The van der Waals surface area contributed by atoms with Gasteiger partial charge in [0.2, 0.25) is 0 Å². The lowest BCUT2D eigenvalue weighted by Gasteiger charge is -2.04. The molecule has 1 aliphatic heterocycles. The zero-order valence-electron chi connectivity index (χ0n) is 11.1. The fourth-order valence-corrected chi connectivity index (χ4v) is 2.31.